The van der Waals surface area contributed by atoms with Gasteiger partial charge in [0.2, 0.25) is 6.10 Å². The van der Waals surface area contributed by atoms with Crippen molar-refractivity contribution in [3.05, 3.63) is 71.5 Å². The highest BCUT2D eigenvalue weighted by Gasteiger charge is 2.27. The third kappa shape index (κ3) is 3.77. The van der Waals surface area contributed by atoms with E-state index in [-0.39, 0.29) is 12.3 Å². The van der Waals surface area contributed by atoms with Gasteiger partial charge >= 0.3 is 0 Å². The van der Waals surface area contributed by atoms with E-state index in [4.69, 9.17) is 21.1 Å². The summed E-state index contributed by atoms with van der Waals surface area (Å²) in [6.45, 7) is 0.0438. The molecular weight excluding hydrogens is 384 g/mol. The molecule has 2 heterocycles. The zero-order chi connectivity index (χ0) is 19.5. The van der Waals surface area contributed by atoms with E-state index in [9.17, 15) is 9.59 Å². The Labute approximate surface area is 165 Å². The van der Waals surface area contributed by atoms with E-state index in [1.165, 1.54) is 10.7 Å². The predicted octanol–water partition coefficient (Wildman–Crippen LogP) is 2.13. The number of hydrogen-bond acceptors (Lipinski definition) is 5. The lowest BCUT2D eigenvalue weighted by molar-refractivity contribution is -0.131. The Morgan fingerprint density at radius 2 is 1.89 bits per heavy atom. The van der Waals surface area contributed by atoms with Gasteiger partial charge < -0.3 is 9.47 Å². The van der Waals surface area contributed by atoms with Gasteiger partial charge in [0.05, 0.1) is 5.69 Å². The Kier molecular flexibility index (Phi) is 4.86. The van der Waals surface area contributed by atoms with Crippen molar-refractivity contribution in [2.24, 2.45) is 0 Å². The fourth-order valence-corrected chi connectivity index (χ4v) is 2.80. The first kappa shape index (κ1) is 17.9. The van der Waals surface area contributed by atoms with Crippen LogP contribution in [0.4, 0.5) is 0 Å². The van der Waals surface area contributed by atoms with Crippen LogP contribution in [0.25, 0.3) is 5.69 Å². The second-order valence-corrected chi connectivity index (χ2v) is 6.37. The topological polar surface area (TPSA) is 94.5 Å². The number of hydrazine groups is 1. The van der Waals surface area contributed by atoms with Crippen molar-refractivity contribution in [2.75, 3.05) is 6.61 Å². The Morgan fingerprint density at radius 3 is 2.71 bits per heavy atom. The van der Waals surface area contributed by atoms with E-state index in [1.807, 2.05) is 6.07 Å². The highest BCUT2D eigenvalue weighted by Crippen LogP contribution is 2.30. The SMILES string of the molecule is O=C(NNC(=O)C1COc2ccccc2O1)c1ccn(-c2cccc(Cl)c2)n1. The first-order chi connectivity index (χ1) is 13.6. The zero-order valence-corrected chi connectivity index (χ0v) is 15.2. The molecular formula is C19H15ClN4O4. The molecule has 1 atom stereocenters. The van der Waals surface area contributed by atoms with Gasteiger partial charge in [0, 0.05) is 11.2 Å². The van der Waals surface area contributed by atoms with Gasteiger partial charge in [0.25, 0.3) is 11.8 Å². The van der Waals surface area contributed by atoms with Crippen LogP contribution < -0.4 is 20.3 Å². The number of rotatable bonds is 3. The number of carbonyl (C=O) groups excluding carboxylic acids is 2. The van der Waals surface area contributed by atoms with E-state index >= 15 is 0 Å². The van der Waals surface area contributed by atoms with Crippen LogP contribution in [0.3, 0.4) is 0 Å². The minimum atomic E-state index is -0.876. The van der Waals surface area contributed by atoms with Crippen molar-refractivity contribution in [3.8, 4) is 17.2 Å². The summed E-state index contributed by atoms with van der Waals surface area (Å²) in [7, 11) is 0. The molecule has 1 aromatic heterocycles. The minimum Gasteiger partial charge on any atom is -0.485 e. The number of fused-ring (bicyclic) bond motifs is 1. The fourth-order valence-electron chi connectivity index (χ4n) is 2.62. The van der Waals surface area contributed by atoms with E-state index in [0.717, 1.165) is 0 Å². The summed E-state index contributed by atoms with van der Waals surface area (Å²) in [5.41, 5.74) is 5.49. The van der Waals surface area contributed by atoms with Crippen LogP contribution >= 0.6 is 11.6 Å². The van der Waals surface area contributed by atoms with Gasteiger partial charge in [0.15, 0.2) is 17.2 Å². The third-order valence-corrected chi connectivity index (χ3v) is 4.23. The predicted molar refractivity (Wildman–Crippen MR) is 101 cm³/mol. The quantitative estimate of drug-likeness (QED) is 0.659. The lowest BCUT2D eigenvalue weighted by Gasteiger charge is -2.25. The summed E-state index contributed by atoms with van der Waals surface area (Å²) in [6.07, 6.45) is 0.747. The second-order valence-electron chi connectivity index (χ2n) is 5.93. The molecule has 0 aliphatic carbocycles. The highest BCUT2D eigenvalue weighted by molar-refractivity contribution is 6.30. The van der Waals surface area contributed by atoms with Crippen LogP contribution in [-0.2, 0) is 4.79 Å². The lowest BCUT2D eigenvalue weighted by Crippen LogP contribution is -2.50. The number of nitrogens with one attached hydrogen (secondary N) is 2. The molecule has 3 aromatic rings. The molecule has 142 valence electrons. The van der Waals surface area contributed by atoms with Gasteiger partial charge in [-0.05, 0) is 36.4 Å². The minimum absolute atomic E-state index is 0.0438. The molecule has 0 bridgehead atoms. The second kappa shape index (κ2) is 7.61. The standard InChI is InChI=1S/C19H15ClN4O4/c20-12-4-3-5-13(10-12)24-9-8-14(23-24)18(25)21-22-19(26)17-11-27-15-6-1-2-7-16(15)28-17/h1-10,17H,11H2,(H,21,25)(H,22,26). The van der Waals surface area contributed by atoms with Crippen molar-refractivity contribution in [2.45, 2.75) is 6.10 Å². The maximum atomic E-state index is 12.2. The van der Waals surface area contributed by atoms with Gasteiger partial charge in [0.1, 0.15) is 6.61 Å². The molecule has 0 saturated carbocycles. The molecule has 9 heteroatoms. The van der Waals surface area contributed by atoms with Gasteiger partial charge in [-0.2, -0.15) is 5.10 Å². The van der Waals surface area contributed by atoms with Crippen LogP contribution in [0, 0.1) is 0 Å². The average Bonchev–Trinajstić information content (AvgIpc) is 3.22. The van der Waals surface area contributed by atoms with Crippen molar-refractivity contribution in [1.82, 2.24) is 20.6 Å². The van der Waals surface area contributed by atoms with Crippen molar-refractivity contribution >= 4 is 23.4 Å². The molecule has 8 nitrogen and oxygen atoms in total. The average molecular weight is 399 g/mol. The van der Waals surface area contributed by atoms with E-state index < -0.39 is 17.9 Å². The summed E-state index contributed by atoms with van der Waals surface area (Å²) in [4.78, 5) is 24.5. The summed E-state index contributed by atoms with van der Waals surface area (Å²) >= 11 is 5.96. The number of aromatic nitrogens is 2. The number of carbonyl (C=O) groups is 2. The monoisotopic (exact) mass is 398 g/mol. The summed E-state index contributed by atoms with van der Waals surface area (Å²) in [5.74, 6) is -0.0500. The lowest BCUT2D eigenvalue weighted by atomic mass is 10.2. The van der Waals surface area contributed by atoms with E-state index in [1.54, 1.807) is 48.7 Å². The maximum Gasteiger partial charge on any atom is 0.290 e. The van der Waals surface area contributed by atoms with Crippen molar-refractivity contribution in [1.29, 1.82) is 0 Å². The maximum absolute atomic E-state index is 12.2. The largest absolute Gasteiger partial charge is 0.485 e. The van der Waals surface area contributed by atoms with Crippen molar-refractivity contribution in [3.63, 3.8) is 0 Å². The number of para-hydroxylation sites is 2. The molecule has 0 fully saturated rings. The summed E-state index contributed by atoms with van der Waals surface area (Å²) < 4.78 is 12.6. The number of halogens is 1. The molecule has 1 aliphatic heterocycles. The first-order valence-electron chi connectivity index (χ1n) is 8.40. The first-order valence-corrected chi connectivity index (χ1v) is 8.78. The number of amides is 2. The molecule has 0 saturated heterocycles. The number of ether oxygens (including phenoxy) is 2. The Balaban J connectivity index is 1.35. The Bertz CT molecular complexity index is 1040. The molecule has 2 aromatic carbocycles. The molecule has 2 amide bonds. The van der Waals surface area contributed by atoms with Gasteiger partial charge in [-0.3, -0.25) is 20.4 Å². The summed E-state index contributed by atoms with van der Waals surface area (Å²) in [6, 6.07) is 15.6. The molecule has 2 N–H and O–H groups in total. The molecule has 0 spiro atoms. The zero-order valence-electron chi connectivity index (χ0n) is 14.5. The number of hydrogen-bond donors (Lipinski definition) is 2. The highest BCUT2D eigenvalue weighted by atomic mass is 35.5. The molecule has 1 aliphatic rings. The van der Waals surface area contributed by atoms with Crippen LogP contribution in [0.5, 0.6) is 11.5 Å². The summed E-state index contributed by atoms with van der Waals surface area (Å²) in [5, 5.41) is 4.74. The van der Waals surface area contributed by atoms with E-state index in [2.05, 4.69) is 16.0 Å². The number of benzene rings is 2. The van der Waals surface area contributed by atoms with Crippen LogP contribution in [0.15, 0.2) is 60.8 Å². The van der Waals surface area contributed by atoms with Gasteiger partial charge in [-0.1, -0.05) is 29.8 Å². The normalized spacial score (nSPS) is 15.0. The van der Waals surface area contributed by atoms with Gasteiger partial charge in [-0.25, -0.2) is 4.68 Å². The van der Waals surface area contributed by atoms with Crippen LogP contribution in [0.2, 0.25) is 5.02 Å². The van der Waals surface area contributed by atoms with Crippen LogP contribution in [-0.4, -0.2) is 34.3 Å². The molecule has 0 radical (unpaired) electrons. The smallest absolute Gasteiger partial charge is 0.290 e. The Hall–Kier alpha value is -3.52. The fraction of sp³-hybridized carbons (Fsp3) is 0.105. The molecule has 1 unspecified atom stereocenters. The molecule has 28 heavy (non-hydrogen) atoms. The Morgan fingerprint density at radius 1 is 1.07 bits per heavy atom. The molecule has 4 rings (SSSR count). The third-order valence-electron chi connectivity index (χ3n) is 3.99. The van der Waals surface area contributed by atoms with E-state index in [0.29, 0.717) is 22.2 Å². The van der Waals surface area contributed by atoms with Crippen LogP contribution in [0.1, 0.15) is 10.5 Å². The van der Waals surface area contributed by atoms with Gasteiger partial charge in [-0.15, -0.1) is 0 Å². The number of nitrogens with zero attached hydrogens (tertiary/aromatic N) is 2. The van der Waals surface area contributed by atoms with Crippen molar-refractivity contribution < 1.29 is 19.1 Å².